The van der Waals surface area contributed by atoms with E-state index in [1.165, 1.54) is 0 Å². The van der Waals surface area contributed by atoms with Gasteiger partial charge in [-0.3, -0.25) is 4.79 Å². The van der Waals surface area contributed by atoms with Gasteiger partial charge in [0, 0.05) is 41.6 Å². The van der Waals surface area contributed by atoms with Gasteiger partial charge in [0.25, 0.3) is 0 Å². The van der Waals surface area contributed by atoms with Crippen LogP contribution in [0.1, 0.15) is 29.2 Å². The van der Waals surface area contributed by atoms with Gasteiger partial charge in [-0.2, -0.15) is 0 Å². The highest BCUT2D eigenvalue weighted by molar-refractivity contribution is 9.11. The van der Waals surface area contributed by atoms with Crippen molar-refractivity contribution in [3.05, 3.63) is 101 Å². The van der Waals surface area contributed by atoms with Gasteiger partial charge in [0.05, 0.1) is 36.9 Å². The number of nitrogens with zero attached hydrogens (tertiary/aromatic N) is 2. The van der Waals surface area contributed by atoms with Gasteiger partial charge in [0.1, 0.15) is 24.4 Å². The van der Waals surface area contributed by atoms with E-state index in [0.29, 0.717) is 19.7 Å². The average Bonchev–Trinajstić information content (AvgIpc) is 3.46. The summed E-state index contributed by atoms with van der Waals surface area (Å²) in [5.74, 6) is 0.0206. The molecular weight excluding hydrogens is 848 g/mol. The molecule has 3 heterocycles. The van der Waals surface area contributed by atoms with Crippen molar-refractivity contribution >= 4 is 91.4 Å². The highest BCUT2D eigenvalue weighted by Crippen LogP contribution is 2.57. The summed E-state index contributed by atoms with van der Waals surface area (Å²) in [5.41, 5.74) is 5.88. The topological polar surface area (TPSA) is 84.2 Å². The first-order valence-electron chi connectivity index (χ1n) is 15.0. The second kappa shape index (κ2) is 11.8. The molecule has 1 amide bonds. The minimum atomic E-state index is -0.949. The number of hydrogen-bond donors (Lipinski definition) is 2. The number of rotatable bonds is 3. The Hall–Kier alpha value is -2.09. The number of hydrogen-bond acceptors (Lipinski definition) is 5. The van der Waals surface area contributed by atoms with E-state index in [-0.39, 0.29) is 31.6 Å². The van der Waals surface area contributed by atoms with Crippen LogP contribution in [0.4, 0.5) is 0 Å². The number of aliphatic hydroxyl groups excluding tert-OH is 2. The van der Waals surface area contributed by atoms with E-state index in [0.717, 1.165) is 67.5 Å². The molecule has 2 N–H and O–H groups in total. The van der Waals surface area contributed by atoms with Crippen molar-refractivity contribution in [2.75, 3.05) is 26.3 Å². The Labute approximate surface area is 299 Å². The summed E-state index contributed by atoms with van der Waals surface area (Å²) in [6, 6.07) is 22.6. The number of fused-ring (bicyclic) bond motifs is 8. The van der Waals surface area contributed by atoms with Gasteiger partial charge < -0.3 is 29.2 Å². The van der Waals surface area contributed by atoms with Crippen LogP contribution in [0, 0.1) is 0 Å². The number of aliphatic hydroxyl groups is 2. The van der Waals surface area contributed by atoms with Crippen LogP contribution in [0.2, 0.25) is 0 Å². The lowest BCUT2D eigenvalue weighted by Crippen LogP contribution is -2.47. The number of aromatic nitrogens is 1. The fourth-order valence-electron chi connectivity index (χ4n) is 7.43. The van der Waals surface area contributed by atoms with Gasteiger partial charge in [0.2, 0.25) is 5.91 Å². The first kappa shape index (κ1) is 31.2. The molecule has 1 spiro atoms. The van der Waals surface area contributed by atoms with Gasteiger partial charge in [-0.25, -0.2) is 0 Å². The molecule has 4 atom stereocenters. The number of benzene rings is 4. The van der Waals surface area contributed by atoms with Crippen molar-refractivity contribution in [1.29, 1.82) is 0 Å². The average molecular weight is 876 g/mol. The first-order valence-corrected chi connectivity index (χ1v) is 18.2. The zero-order valence-corrected chi connectivity index (χ0v) is 30.7. The first-order chi connectivity index (χ1) is 22.1. The summed E-state index contributed by atoms with van der Waals surface area (Å²) >= 11 is 14.6. The third-order valence-corrected chi connectivity index (χ3v) is 11.5. The number of halogens is 4. The predicted octanol–water partition coefficient (Wildman–Crippen LogP) is 7.81. The van der Waals surface area contributed by atoms with Gasteiger partial charge in [-0.15, -0.1) is 0 Å². The third-order valence-electron chi connectivity index (χ3n) is 9.55. The Morgan fingerprint density at radius 3 is 2.17 bits per heavy atom. The molecule has 2 fully saturated rings. The van der Waals surface area contributed by atoms with Crippen LogP contribution in [0.25, 0.3) is 32.9 Å². The molecular formula is C35H28Br4N2O5. The smallest absolute Gasteiger partial charge is 0.242 e. The van der Waals surface area contributed by atoms with Crippen molar-refractivity contribution in [3.63, 3.8) is 0 Å². The zero-order valence-electron chi connectivity index (χ0n) is 24.4. The Balaban J connectivity index is 1.16. The molecule has 4 aromatic carbocycles. The predicted molar refractivity (Wildman–Crippen MR) is 191 cm³/mol. The van der Waals surface area contributed by atoms with Gasteiger partial charge in [-0.05, 0) is 76.3 Å². The maximum absolute atomic E-state index is 14.1. The third kappa shape index (κ3) is 5.05. The standard InChI is InChI=1S/C35H28Br4N2O5/c36-18-3-6-24-26(10-18)35(14-30(42)31(43)17-46-35)27-11-21(39)9-25(34(24)27)32-15-40(7-8-45-32)33(44)16-41-28-12-19(37)1-4-22(28)23-5-2-20(38)13-29(23)41/h1-6,9-13,30-32,42-43H,7-8,14-17H2/t30-,31+,32?,35?/m0/s1. The second-order valence-corrected chi connectivity index (χ2v) is 15.9. The minimum absolute atomic E-state index is 0.0204. The zero-order chi connectivity index (χ0) is 31.9. The second-order valence-electron chi connectivity index (χ2n) is 12.2. The van der Waals surface area contributed by atoms with E-state index in [1.54, 1.807) is 0 Å². The summed E-state index contributed by atoms with van der Waals surface area (Å²) in [6.07, 6.45) is -2.04. The number of ether oxygens (including phenoxy) is 2. The summed E-state index contributed by atoms with van der Waals surface area (Å²) in [6.45, 7) is 1.52. The molecule has 0 radical (unpaired) electrons. The Morgan fingerprint density at radius 1 is 0.826 bits per heavy atom. The highest BCUT2D eigenvalue weighted by atomic mass is 79.9. The SMILES string of the molecule is O=C(Cn1c2cc(Br)ccc2c2ccc(Br)cc21)N1CCOC(c2cc(Br)cc3c2-c2ccc(Br)cc2C32C[C@H](O)[C@H](O)CO2)C1. The Morgan fingerprint density at radius 2 is 1.48 bits per heavy atom. The van der Waals surface area contributed by atoms with Crippen molar-refractivity contribution < 1.29 is 24.5 Å². The van der Waals surface area contributed by atoms with Crippen molar-refractivity contribution in [2.45, 2.75) is 36.9 Å². The largest absolute Gasteiger partial charge is 0.390 e. The molecule has 46 heavy (non-hydrogen) atoms. The molecule has 2 unspecified atom stereocenters. The Bertz CT molecular complexity index is 2010. The normalized spacial score (nSPS) is 24.1. The number of carbonyl (C=O) groups is 1. The molecule has 236 valence electrons. The summed E-state index contributed by atoms with van der Waals surface area (Å²) in [4.78, 5) is 16.0. The fourth-order valence-corrected chi connectivity index (χ4v) is 8.96. The van der Waals surface area contributed by atoms with E-state index in [1.807, 2.05) is 35.2 Å². The molecule has 7 nitrogen and oxygen atoms in total. The van der Waals surface area contributed by atoms with E-state index in [9.17, 15) is 15.0 Å². The van der Waals surface area contributed by atoms with Crippen LogP contribution >= 0.6 is 63.7 Å². The lowest BCUT2D eigenvalue weighted by Gasteiger charge is -2.40. The highest BCUT2D eigenvalue weighted by Gasteiger charge is 2.51. The van der Waals surface area contributed by atoms with E-state index < -0.39 is 17.8 Å². The fraction of sp³-hybridized carbons (Fsp3) is 0.286. The summed E-state index contributed by atoms with van der Waals surface area (Å²) < 4.78 is 18.6. The maximum Gasteiger partial charge on any atom is 0.242 e. The van der Waals surface area contributed by atoms with E-state index in [2.05, 4.69) is 105 Å². The van der Waals surface area contributed by atoms with Crippen LogP contribution in [-0.2, 0) is 26.4 Å². The van der Waals surface area contributed by atoms with Crippen molar-refractivity contribution in [1.82, 2.24) is 9.47 Å². The van der Waals surface area contributed by atoms with Crippen molar-refractivity contribution in [3.8, 4) is 11.1 Å². The lowest BCUT2D eigenvalue weighted by molar-refractivity contribution is -0.157. The number of carbonyl (C=O) groups excluding carboxylic acids is 1. The molecule has 5 aromatic rings. The molecule has 0 saturated carbocycles. The summed E-state index contributed by atoms with van der Waals surface area (Å²) in [7, 11) is 0. The van der Waals surface area contributed by atoms with Crippen molar-refractivity contribution in [2.24, 2.45) is 0 Å². The number of morpholine rings is 1. The molecule has 2 saturated heterocycles. The quantitative estimate of drug-likeness (QED) is 0.193. The van der Waals surface area contributed by atoms with E-state index >= 15 is 0 Å². The summed E-state index contributed by atoms with van der Waals surface area (Å²) in [5, 5.41) is 23.4. The molecule has 8 rings (SSSR count). The molecule has 2 aliphatic heterocycles. The van der Waals surface area contributed by atoms with Crippen LogP contribution < -0.4 is 0 Å². The number of amides is 1. The maximum atomic E-state index is 14.1. The molecule has 3 aliphatic rings. The minimum Gasteiger partial charge on any atom is -0.390 e. The monoisotopic (exact) mass is 872 g/mol. The van der Waals surface area contributed by atoms with Crippen LogP contribution in [0.15, 0.2) is 84.6 Å². The molecule has 0 bridgehead atoms. The van der Waals surface area contributed by atoms with Gasteiger partial charge in [0.15, 0.2) is 0 Å². The van der Waals surface area contributed by atoms with Crippen LogP contribution in [0.3, 0.4) is 0 Å². The Kier molecular flexibility index (Phi) is 8.00. The van der Waals surface area contributed by atoms with Gasteiger partial charge in [-0.1, -0.05) is 81.9 Å². The lowest BCUT2D eigenvalue weighted by atomic mass is 9.82. The van der Waals surface area contributed by atoms with Gasteiger partial charge >= 0.3 is 0 Å². The molecule has 1 aromatic heterocycles. The molecule has 1 aliphatic carbocycles. The van der Waals surface area contributed by atoms with Crippen LogP contribution in [-0.4, -0.2) is 64.1 Å². The van der Waals surface area contributed by atoms with E-state index in [4.69, 9.17) is 9.47 Å². The molecule has 11 heteroatoms. The van der Waals surface area contributed by atoms with Crippen LogP contribution in [0.5, 0.6) is 0 Å².